The van der Waals surface area contributed by atoms with E-state index >= 15 is 0 Å². The van der Waals surface area contributed by atoms with E-state index in [1.54, 1.807) is 12.2 Å². The molecule has 0 aliphatic rings. The lowest BCUT2D eigenvalue weighted by atomic mass is 10.1. The van der Waals surface area contributed by atoms with E-state index in [0.29, 0.717) is 5.56 Å². The molecule has 2 N–H and O–H groups in total. The molecule has 2 amide bonds. The van der Waals surface area contributed by atoms with Crippen LogP contribution in [0, 0.1) is 6.92 Å². The summed E-state index contributed by atoms with van der Waals surface area (Å²) < 4.78 is 77.5. The second-order valence-electron chi connectivity index (χ2n) is 6.07. The number of hydrogen-bond acceptors (Lipinski definition) is 4. The molecule has 0 saturated heterocycles. The molecule has 12 heteroatoms. The summed E-state index contributed by atoms with van der Waals surface area (Å²) in [6.45, 7) is -1.44. The number of aryl methyl sites for hydroxylation is 1. The summed E-state index contributed by atoms with van der Waals surface area (Å²) in [6.07, 6.45) is -8.11. The molecule has 1 aromatic carbocycles. The van der Waals surface area contributed by atoms with Crippen molar-refractivity contribution >= 4 is 17.5 Å². The molecule has 0 spiro atoms. The van der Waals surface area contributed by atoms with Crippen molar-refractivity contribution < 1.29 is 40.7 Å². The molecule has 2 aromatic rings. The summed E-state index contributed by atoms with van der Waals surface area (Å²) in [7, 11) is 0. The Kier molecular flexibility index (Phi) is 6.90. The van der Waals surface area contributed by atoms with E-state index < -0.39 is 37.3 Å². The smallest absolute Gasteiger partial charge is 0.422 e. The molecule has 0 atom stereocenters. The molecule has 162 valence electrons. The Morgan fingerprint density at radius 1 is 0.967 bits per heavy atom. The summed E-state index contributed by atoms with van der Waals surface area (Å²) in [5, 5.41) is 4.19. The fraction of sp³-hybridized carbons (Fsp3) is 0.278. The molecule has 30 heavy (non-hydrogen) atoms. The molecule has 0 aliphatic heterocycles. The first-order chi connectivity index (χ1) is 13.8. The maximum absolute atomic E-state index is 12.3. The minimum atomic E-state index is -4.57. The third kappa shape index (κ3) is 7.26. The zero-order valence-corrected chi connectivity index (χ0v) is 15.3. The van der Waals surface area contributed by atoms with E-state index in [9.17, 15) is 35.9 Å². The molecule has 0 bridgehead atoms. The van der Waals surface area contributed by atoms with Crippen LogP contribution in [0.3, 0.4) is 0 Å². The van der Waals surface area contributed by atoms with Crippen LogP contribution in [0.2, 0.25) is 0 Å². The Labute approximate surface area is 166 Å². The summed E-state index contributed by atoms with van der Waals surface area (Å²) in [4.78, 5) is 27.8. The van der Waals surface area contributed by atoms with Crippen molar-refractivity contribution in [2.24, 2.45) is 0 Å². The Balaban J connectivity index is 2.06. The summed E-state index contributed by atoms with van der Waals surface area (Å²) >= 11 is 0. The van der Waals surface area contributed by atoms with Crippen LogP contribution in [0.25, 0.3) is 0 Å². The number of aromatic nitrogens is 1. The van der Waals surface area contributed by atoms with Gasteiger partial charge in [-0.2, -0.15) is 26.3 Å². The molecule has 0 unspecified atom stereocenters. The van der Waals surface area contributed by atoms with Crippen molar-refractivity contribution in [3.8, 4) is 5.88 Å². The second-order valence-corrected chi connectivity index (χ2v) is 6.07. The summed E-state index contributed by atoms with van der Waals surface area (Å²) in [5.74, 6) is -2.00. The van der Waals surface area contributed by atoms with Crippen molar-refractivity contribution in [3.05, 3.63) is 53.2 Å². The zero-order valence-electron chi connectivity index (χ0n) is 15.3. The first-order valence-corrected chi connectivity index (χ1v) is 8.26. The summed E-state index contributed by atoms with van der Waals surface area (Å²) in [6, 6.07) is 6.19. The highest BCUT2D eigenvalue weighted by Crippen LogP contribution is 2.20. The number of benzene rings is 1. The van der Waals surface area contributed by atoms with Gasteiger partial charge in [-0.15, -0.1) is 0 Å². The van der Waals surface area contributed by atoms with E-state index in [4.69, 9.17) is 0 Å². The SMILES string of the molecule is Cc1ccc(C(=O)NCC(F)(F)F)cc1NC(=O)c1ccc(OCC(F)(F)F)nc1. The molecule has 0 fully saturated rings. The van der Waals surface area contributed by atoms with E-state index in [1.165, 1.54) is 24.3 Å². The van der Waals surface area contributed by atoms with Crippen LogP contribution in [-0.2, 0) is 0 Å². The molecule has 1 heterocycles. The van der Waals surface area contributed by atoms with Gasteiger partial charge >= 0.3 is 12.4 Å². The average Bonchev–Trinajstić information content (AvgIpc) is 2.65. The standard InChI is InChI=1S/C18H15F6N3O3/c1-10-2-3-11(15(28)26-8-17(19,20)21)6-13(10)27-16(29)12-4-5-14(25-7-12)30-9-18(22,23)24/h2-7H,8-9H2,1H3,(H,26,28)(H,27,29). The highest BCUT2D eigenvalue weighted by atomic mass is 19.4. The lowest BCUT2D eigenvalue weighted by Crippen LogP contribution is -2.33. The largest absolute Gasteiger partial charge is 0.468 e. The van der Waals surface area contributed by atoms with Gasteiger partial charge in [0, 0.05) is 23.5 Å². The molecule has 1 aromatic heterocycles. The number of rotatable bonds is 6. The Morgan fingerprint density at radius 2 is 1.63 bits per heavy atom. The van der Waals surface area contributed by atoms with Gasteiger partial charge < -0.3 is 15.4 Å². The normalized spacial score (nSPS) is 11.7. The third-order valence-corrected chi connectivity index (χ3v) is 3.58. The predicted molar refractivity (Wildman–Crippen MR) is 93.3 cm³/mol. The van der Waals surface area contributed by atoms with E-state index in [2.05, 4.69) is 15.0 Å². The number of nitrogens with zero attached hydrogens (tertiary/aromatic N) is 1. The maximum atomic E-state index is 12.3. The van der Waals surface area contributed by atoms with Crippen molar-refractivity contribution in [1.29, 1.82) is 0 Å². The van der Waals surface area contributed by atoms with Gasteiger partial charge in [0.1, 0.15) is 6.54 Å². The number of ether oxygens (including phenoxy) is 1. The van der Waals surface area contributed by atoms with Gasteiger partial charge in [-0.05, 0) is 30.7 Å². The minimum Gasteiger partial charge on any atom is -0.468 e. The first kappa shape index (κ1) is 23.0. The number of amides is 2. The molecule has 0 aliphatic carbocycles. The Hall–Kier alpha value is -3.31. The summed E-state index contributed by atoms with van der Waals surface area (Å²) in [5.41, 5.74) is 0.570. The monoisotopic (exact) mass is 435 g/mol. The van der Waals surface area contributed by atoms with Crippen molar-refractivity contribution in [2.75, 3.05) is 18.5 Å². The first-order valence-electron chi connectivity index (χ1n) is 8.26. The number of carbonyl (C=O) groups is 2. The van der Waals surface area contributed by atoms with Gasteiger partial charge in [0.25, 0.3) is 11.8 Å². The van der Waals surface area contributed by atoms with Crippen LogP contribution < -0.4 is 15.4 Å². The van der Waals surface area contributed by atoms with Crippen molar-refractivity contribution in [3.63, 3.8) is 0 Å². The van der Waals surface area contributed by atoms with Crippen molar-refractivity contribution in [2.45, 2.75) is 19.3 Å². The van der Waals surface area contributed by atoms with Gasteiger partial charge in [-0.1, -0.05) is 6.07 Å². The van der Waals surface area contributed by atoms with Gasteiger partial charge in [-0.25, -0.2) is 4.98 Å². The van der Waals surface area contributed by atoms with Crippen LogP contribution in [0.1, 0.15) is 26.3 Å². The number of alkyl halides is 6. The van der Waals surface area contributed by atoms with Crippen LogP contribution in [0.4, 0.5) is 32.0 Å². The minimum absolute atomic E-state index is 0.0133. The number of pyridine rings is 1. The lowest BCUT2D eigenvalue weighted by molar-refractivity contribution is -0.154. The Morgan fingerprint density at radius 3 is 2.20 bits per heavy atom. The fourth-order valence-electron chi connectivity index (χ4n) is 2.13. The van der Waals surface area contributed by atoms with E-state index in [1.807, 2.05) is 0 Å². The predicted octanol–water partition coefficient (Wildman–Crippen LogP) is 3.88. The highest BCUT2D eigenvalue weighted by Gasteiger charge is 2.29. The van der Waals surface area contributed by atoms with E-state index in [-0.39, 0.29) is 22.7 Å². The van der Waals surface area contributed by atoms with Gasteiger partial charge in [0.2, 0.25) is 5.88 Å². The van der Waals surface area contributed by atoms with Gasteiger partial charge in [0.05, 0.1) is 5.56 Å². The van der Waals surface area contributed by atoms with Crippen LogP contribution in [0.15, 0.2) is 36.5 Å². The fourth-order valence-corrected chi connectivity index (χ4v) is 2.13. The van der Waals surface area contributed by atoms with E-state index in [0.717, 1.165) is 12.3 Å². The topological polar surface area (TPSA) is 80.3 Å². The van der Waals surface area contributed by atoms with Crippen LogP contribution >= 0.6 is 0 Å². The molecular formula is C18H15F6N3O3. The van der Waals surface area contributed by atoms with Gasteiger partial charge in [0.15, 0.2) is 6.61 Å². The number of anilines is 1. The van der Waals surface area contributed by atoms with Crippen LogP contribution in [0.5, 0.6) is 5.88 Å². The second kappa shape index (κ2) is 9.01. The van der Waals surface area contributed by atoms with Crippen molar-refractivity contribution in [1.82, 2.24) is 10.3 Å². The number of carbonyl (C=O) groups excluding carboxylic acids is 2. The lowest BCUT2D eigenvalue weighted by Gasteiger charge is -2.12. The van der Waals surface area contributed by atoms with Crippen LogP contribution in [-0.4, -0.2) is 42.3 Å². The third-order valence-electron chi connectivity index (χ3n) is 3.58. The number of hydrogen-bond donors (Lipinski definition) is 2. The molecule has 2 rings (SSSR count). The van der Waals surface area contributed by atoms with Gasteiger partial charge in [-0.3, -0.25) is 9.59 Å². The maximum Gasteiger partial charge on any atom is 0.422 e. The Bertz CT molecular complexity index is 911. The highest BCUT2D eigenvalue weighted by molar-refractivity contribution is 6.05. The number of nitrogens with one attached hydrogen (secondary N) is 2. The zero-order chi connectivity index (χ0) is 22.5. The average molecular weight is 435 g/mol. The quantitative estimate of drug-likeness (QED) is 0.675. The molecular weight excluding hydrogens is 420 g/mol. The molecule has 0 saturated carbocycles. The number of halogens is 6. The molecule has 0 radical (unpaired) electrons. The molecule has 6 nitrogen and oxygen atoms in total.